The fourth-order valence-electron chi connectivity index (χ4n) is 3.48. The van der Waals surface area contributed by atoms with E-state index in [2.05, 4.69) is 33.3 Å². The van der Waals surface area contributed by atoms with Crippen molar-refractivity contribution in [2.45, 2.75) is 42.8 Å². The van der Waals surface area contributed by atoms with Gasteiger partial charge in [0.2, 0.25) is 6.04 Å². The molecule has 194 valence electrons. The minimum atomic E-state index is -5.23. The summed E-state index contributed by atoms with van der Waals surface area (Å²) in [5.41, 5.74) is 6.13. The van der Waals surface area contributed by atoms with E-state index < -0.39 is 71.6 Å². The summed E-state index contributed by atoms with van der Waals surface area (Å²) in [5, 5.41) is 39.7. The summed E-state index contributed by atoms with van der Waals surface area (Å²) in [4.78, 5) is 33.8. The van der Waals surface area contributed by atoms with E-state index >= 15 is 0 Å². The number of hydrogen-bond acceptors (Lipinski definition) is 14. The van der Waals surface area contributed by atoms with Gasteiger partial charge in [0.15, 0.2) is 36.1 Å². The lowest BCUT2D eigenvalue weighted by atomic mass is 10.1. The maximum Gasteiger partial charge on any atom is 0.481 e. The lowest BCUT2D eigenvalue weighted by Crippen LogP contribution is -2.76. The molecule has 0 amide bonds. The Labute approximate surface area is 195 Å². The molecule has 9 atom stereocenters. The Balaban J connectivity index is 1.35. The van der Waals surface area contributed by atoms with Gasteiger partial charge in [-0.3, -0.25) is 13.6 Å². The number of aliphatic hydroxyl groups is 4. The zero-order valence-electron chi connectivity index (χ0n) is 17.6. The number of fused-ring (bicyclic) bond motifs is 1. The van der Waals surface area contributed by atoms with Crippen molar-refractivity contribution in [2.75, 3.05) is 18.9 Å². The Kier molecular flexibility index (Phi) is 7.36. The van der Waals surface area contributed by atoms with E-state index in [0.29, 0.717) is 0 Å². The first kappa shape index (κ1) is 26.2. The van der Waals surface area contributed by atoms with Crippen LogP contribution in [0, 0.1) is 0 Å². The number of aliphatic hydroxyl groups excluding tert-OH is 4. The van der Waals surface area contributed by atoms with Crippen LogP contribution in [0.4, 0.5) is 5.82 Å². The first-order valence-electron chi connectivity index (χ1n) is 9.94. The minimum Gasteiger partial charge on any atom is -0.387 e. The summed E-state index contributed by atoms with van der Waals surface area (Å²) < 4.78 is 44.4. The number of anilines is 1. The lowest BCUT2D eigenvalue weighted by Gasteiger charge is -2.19. The molecule has 9 N–H and O–H groups in total. The van der Waals surface area contributed by atoms with Crippen LogP contribution in [0.15, 0.2) is 12.7 Å². The SMILES string of the molecule is Nc1ncnc2c1ncn2C1OC(COP(=O)(O)OP(=O)(O)OC[C@H]2[NH+]=C[C@H](O)[C@@H]2O)C(O)C1O. The Morgan fingerprint density at radius 1 is 1.03 bits per heavy atom. The predicted molar refractivity (Wildman–Crippen MR) is 111 cm³/mol. The van der Waals surface area contributed by atoms with Gasteiger partial charge >= 0.3 is 15.6 Å². The Morgan fingerprint density at radius 3 is 2.37 bits per heavy atom. The molecule has 2 aliphatic heterocycles. The predicted octanol–water partition coefficient (Wildman–Crippen LogP) is -4.47. The largest absolute Gasteiger partial charge is 0.481 e. The second kappa shape index (κ2) is 9.85. The van der Waals surface area contributed by atoms with Gasteiger partial charge in [0.05, 0.1) is 12.9 Å². The summed E-state index contributed by atoms with van der Waals surface area (Å²) in [6.45, 7) is -1.50. The van der Waals surface area contributed by atoms with Crippen molar-refractivity contribution in [2.24, 2.45) is 0 Å². The van der Waals surface area contributed by atoms with Crippen LogP contribution in [-0.2, 0) is 27.2 Å². The highest BCUT2D eigenvalue weighted by Crippen LogP contribution is 2.60. The van der Waals surface area contributed by atoms with Gasteiger partial charge in [0.25, 0.3) is 0 Å². The molecule has 6 unspecified atom stereocenters. The normalized spacial score (nSPS) is 34.3. The van der Waals surface area contributed by atoms with Crippen molar-refractivity contribution in [1.29, 1.82) is 0 Å². The third-order valence-electron chi connectivity index (χ3n) is 5.27. The summed E-state index contributed by atoms with van der Waals surface area (Å²) in [6.07, 6.45) is -4.80. The summed E-state index contributed by atoms with van der Waals surface area (Å²) >= 11 is 0. The van der Waals surface area contributed by atoms with E-state index in [0.717, 1.165) is 12.5 Å². The first-order chi connectivity index (χ1) is 16.4. The standard InChI is InChI=1S/C15H22N6O12P2/c16-13-9-14(19-4-18-13)21(5-20-9)15-12(25)11(24)8(32-15)3-31-35(28,29)33-34(26,27)30-2-6-10(23)7(22)1-17-6/h1,4-8,10-12,15,22-25H,2-3H2,(H,26,27)(H,28,29)(H2,16,18,19)/p+1/t6-,7+,8?,10-,11?,12?,15?/m1/s1. The van der Waals surface area contributed by atoms with Crippen LogP contribution in [0.25, 0.3) is 11.2 Å². The van der Waals surface area contributed by atoms with Gasteiger partial charge in [-0.05, 0) is 0 Å². The van der Waals surface area contributed by atoms with Crippen LogP contribution in [0.2, 0.25) is 0 Å². The Hall–Kier alpha value is -1.92. The highest BCUT2D eigenvalue weighted by molar-refractivity contribution is 7.61. The third-order valence-corrected chi connectivity index (χ3v) is 7.87. The highest BCUT2D eigenvalue weighted by atomic mass is 31.3. The quantitative estimate of drug-likeness (QED) is 0.139. The number of aromatic nitrogens is 4. The Bertz CT molecular complexity index is 1200. The Morgan fingerprint density at radius 2 is 1.71 bits per heavy atom. The maximum absolute atomic E-state index is 12.2. The van der Waals surface area contributed by atoms with E-state index in [-0.39, 0.29) is 17.0 Å². The number of phosphoric ester groups is 2. The van der Waals surface area contributed by atoms with Crippen molar-refractivity contribution >= 4 is 38.8 Å². The molecule has 4 rings (SSSR count). The topological polar surface area (TPSA) is 276 Å². The van der Waals surface area contributed by atoms with Crippen molar-refractivity contribution in [1.82, 2.24) is 19.5 Å². The zero-order chi connectivity index (χ0) is 25.5. The van der Waals surface area contributed by atoms with Crippen LogP contribution in [0.3, 0.4) is 0 Å². The second-order valence-electron chi connectivity index (χ2n) is 7.66. The number of nitrogen functional groups attached to an aromatic ring is 1. The molecule has 2 aliphatic rings. The highest BCUT2D eigenvalue weighted by Gasteiger charge is 2.46. The molecule has 1 fully saturated rings. The van der Waals surface area contributed by atoms with Gasteiger partial charge in [-0.2, -0.15) is 4.31 Å². The molecule has 0 aromatic carbocycles. The summed E-state index contributed by atoms with van der Waals surface area (Å²) in [6, 6.07) is -0.978. The fourth-order valence-corrected chi connectivity index (χ4v) is 5.58. The van der Waals surface area contributed by atoms with Crippen LogP contribution in [-0.4, -0.2) is 106 Å². The molecule has 0 aliphatic carbocycles. The number of nitrogens with two attached hydrogens (primary N) is 1. The van der Waals surface area contributed by atoms with E-state index in [1.54, 1.807) is 0 Å². The van der Waals surface area contributed by atoms with Crippen LogP contribution in [0.5, 0.6) is 0 Å². The molecular weight excluding hydrogens is 518 g/mol. The summed E-state index contributed by atoms with van der Waals surface area (Å²) in [5.74, 6) is 0.0724. The number of hydrogen-bond donors (Lipinski definition) is 8. The van der Waals surface area contributed by atoms with E-state index in [4.69, 9.17) is 10.5 Å². The molecule has 0 spiro atoms. The van der Waals surface area contributed by atoms with Crippen LogP contribution in [0.1, 0.15) is 6.23 Å². The zero-order valence-corrected chi connectivity index (χ0v) is 19.4. The smallest absolute Gasteiger partial charge is 0.387 e. The van der Waals surface area contributed by atoms with E-state index in [1.807, 2.05) is 0 Å². The van der Waals surface area contributed by atoms with E-state index in [9.17, 15) is 39.3 Å². The number of phosphoric acid groups is 2. The van der Waals surface area contributed by atoms with Gasteiger partial charge < -0.3 is 40.7 Å². The van der Waals surface area contributed by atoms with Gasteiger partial charge in [-0.25, -0.2) is 29.1 Å². The molecule has 18 nitrogen and oxygen atoms in total. The van der Waals surface area contributed by atoms with Crippen molar-refractivity contribution < 1.29 is 62.4 Å². The van der Waals surface area contributed by atoms with Gasteiger partial charge in [-0.15, -0.1) is 0 Å². The molecular formula is C15H23N6O12P2+. The summed E-state index contributed by atoms with van der Waals surface area (Å²) in [7, 11) is -10.4. The number of rotatable bonds is 9. The molecule has 2 aromatic rings. The third kappa shape index (κ3) is 5.59. The number of imidazole rings is 1. The van der Waals surface area contributed by atoms with Gasteiger partial charge in [-0.1, -0.05) is 0 Å². The molecule has 35 heavy (non-hydrogen) atoms. The first-order valence-corrected chi connectivity index (χ1v) is 12.9. The minimum absolute atomic E-state index is 0.0724. The van der Waals surface area contributed by atoms with Gasteiger partial charge in [0.1, 0.15) is 36.8 Å². The average molecular weight is 541 g/mol. The molecule has 1 saturated heterocycles. The molecule has 2 aromatic heterocycles. The number of nitrogens with one attached hydrogen (secondary N) is 1. The van der Waals surface area contributed by atoms with E-state index in [1.165, 1.54) is 10.9 Å². The monoisotopic (exact) mass is 541 g/mol. The second-order valence-corrected chi connectivity index (χ2v) is 10.7. The molecule has 0 saturated carbocycles. The molecule has 0 radical (unpaired) electrons. The maximum atomic E-state index is 12.2. The molecule has 0 bridgehead atoms. The number of ether oxygens (including phenoxy) is 1. The lowest BCUT2D eigenvalue weighted by molar-refractivity contribution is -0.502. The fraction of sp³-hybridized carbons (Fsp3) is 0.600. The number of nitrogens with zero attached hydrogens (tertiary/aromatic N) is 4. The average Bonchev–Trinajstić information content (AvgIpc) is 3.43. The van der Waals surface area contributed by atoms with Crippen molar-refractivity contribution in [3.05, 3.63) is 12.7 Å². The van der Waals surface area contributed by atoms with Crippen LogP contribution >= 0.6 is 15.6 Å². The molecule has 20 heteroatoms. The molecule has 4 heterocycles. The van der Waals surface area contributed by atoms with Crippen molar-refractivity contribution in [3.8, 4) is 0 Å². The van der Waals surface area contributed by atoms with Gasteiger partial charge in [0, 0.05) is 0 Å². The van der Waals surface area contributed by atoms with Crippen LogP contribution < -0.4 is 10.7 Å². The van der Waals surface area contributed by atoms with Crippen molar-refractivity contribution in [3.63, 3.8) is 0 Å².